The van der Waals surface area contributed by atoms with Crippen LogP contribution in [0.2, 0.25) is 0 Å². The number of anilines is 3. The Balaban J connectivity index is 1.48. The molecule has 0 bridgehead atoms. The summed E-state index contributed by atoms with van der Waals surface area (Å²) in [5.74, 6) is 0.442. The number of nitrogen functional groups attached to an aromatic ring is 1. The summed E-state index contributed by atoms with van der Waals surface area (Å²) in [6.45, 7) is 0.924. The quantitative estimate of drug-likeness (QED) is 0.242. The van der Waals surface area contributed by atoms with E-state index in [-0.39, 0.29) is 11.7 Å². The number of carbonyl (C=O) groups is 1. The maximum atomic E-state index is 12.7. The van der Waals surface area contributed by atoms with E-state index >= 15 is 0 Å². The van der Waals surface area contributed by atoms with Gasteiger partial charge in [0.2, 0.25) is 0 Å². The van der Waals surface area contributed by atoms with Crippen LogP contribution in [0.15, 0.2) is 54.5 Å². The number of hydrogen-bond donors (Lipinski definition) is 3. The molecule has 2 heterocycles. The van der Waals surface area contributed by atoms with Crippen LogP contribution < -0.4 is 25.8 Å². The normalized spacial score (nSPS) is 13.1. The zero-order valence-electron chi connectivity index (χ0n) is 19.1. The lowest BCUT2D eigenvalue weighted by Crippen LogP contribution is -2.27. The van der Waals surface area contributed by atoms with E-state index in [1.807, 2.05) is 4.90 Å². The lowest BCUT2D eigenvalue weighted by Gasteiger charge is -2.24. The van der Waals surface area contributed by atoms with Gasteiger partial charge in [-0.05, 0) is 29.2 Å². The number of para-hydroxylation sites is 2. The van der Waals surface area contributed by atoms with Gasteiger partial charge < -0.3 is 35.5 Å². The molecule has 0 spiro atoms. The van der Waals surface area contributed by atoms with Crippen molar-refractivity contribution in [1.82, 2.24) is 9.88 Å². The Bertz CT molecular complexity index is 1290. The summed E-state index contributed by atoms with van der Waals surface area (Å²) in [5.41, 5.74) is 8.19. The monoisotopic (exact) mass is 496 g/mol. The van der Waals surface area contributed by atoms with E-state index in [0.717, 1.165) is 10.6 Å². The molecule has 0 radical (unpaired) electrons. The van der Waals surface area contributed by atoms with Gasteiger partial charge in [0.1, 0.15) is 5.69 Å². The summed E-state index contributed by atoms with van der Waals surface area (Å²) in [6.07, 6.45) is 2.02. The van der Waals surface area contributed by atoms with Gasteiger partial charge in [-0.1, -0.05) is 12.1 Å². The van der Waals surface area contributed by atoms with Crippen molar-refractivity contribution in [3.8, 4) is 11.5 Å². The Morgan fingerprint density at radius 1 is 1.20 bits per heavy atom. The Hall–Kier alpha value is -4.32. The fraction of sp³-hybridized carbons (Fsp3) is 0.217. The number of nitrogens with two attached hydrogens (primary N) is 1. The molecule has 4 N–H and O–H groups in total. The van der Waals surface area contributed by atoms with Gasteiger partial charge in [0.15, 0.2) is 16.5 Å². The van der Waals surface area contributed by atoms with E-state index in [1.165, 1.54) is 31.8 Å². The topological polar surface area (TPSA) is 145 Å². The average Bonchev–Trinajstić information content (AvgIpc) is 3.28. The predicted molar refractivity (Wildman–Crippen MR) is 133 cm³/mol. The van der Waals surface area contributed by atoms with Crippen LogP contribution >= 0.6 is 11.3 Å². The van der Waals surface area contributed by atoms with Crippen molar-refractivity contribution >= 4 is 34.3 Å². The number of nitrogens with zero attached hydrogens (tertiary/aromatic N) is 3. The number of benzene rings is 2. The van der Waals surface area contributed by atoms with Crippen LogP contribution in [-0.2, 0) is 13.0 Å². The molecule has 1 aliphatic rings. The first-order chi connectivity index (χ1) is 16.9. The molecular formula is C23H24N6O5S. The summed E-state index contributed by atoms with van der Waals surface area (Å²) in [4.78, 5) is 31.1. The number of carbonyl (C=O) groups excluding carboxylic acids is 1. The molecule has 0 unspecified atom stereocenters. The minimum atomic E-state index is -0.484. The second-order valence-corrected chi connectivity index (χ2v) is 8.70. The SMILES string of the molecule is COc1ccc(NC(=CN2CCc3nc(C(=O)Nc4ccccc4N)sc3C2)[N+](=O)[O-])cc1OC. The van der Waals surface area contributed by atoms with Crippen molar-refractivity contribution in [2.75, 3.05) is 37.1 Å². The highest BCUT2D eigenvalue weighted by Gasteiger charge is 2.24. The Morgan fingerprint density at radius 2 is 1.97 bits per heavy atom. The molecular weight excluding hydrogens is 472 g/mol. The number of fused-ring (bicyclic) bond motifs is 1. The average molecular weight is 497 g/mol. The summed E-state index contributed by atoms with van der Waals surface area (Å²) in [5, 5.41) is 17.6. The highest BCUT2D eigenvalue weighted by molar-refractivity contribution is 7.13. The molecule has 0 saturated heterocycles. The van der Waals surface area contributed by atoms with Crippen molar-refractivity contribution in [1.29, 1.82) is 0 Å². The van der Waals surface area contributed by atoms with Crippen LogP contribution in [0.5, 0.6) is 11.5 Å². The largest absolute Gasteiger partial charge is 0.493 e. The summed E-state index contributed by atoms with van der Waals surface area (Å²) in [7, 11) is 3.01. The first kappa shape index (κ1) is 23.8. The van der Waals surface area contributed by atoms with Crippen LogP contribution in [0.3, 0.4) is 0 Å². The number of hydrogen-bond acceptors (Lipinski definition) is 10. The van der Waals surface area contributed by atoms with Crippen LogP contribution in [0.25, 0.3) is 0 Å². The van der Waals surface area contributed by atoms with Gasteiger partial charge in [0.05, 0.1) is 44.0 Å². The van der Waals surface area contributed by atoms with E-state index in [2.05, 4.69) is 15.6 Å². The zero-order chi connectivity index (χ0) is 24.9. The summed E-state index contributed by atoms with van der Waals surface area (Å²) < 4.78 is 10.5. The molecule has 3 aromatic rings. The highest BCUT2D eigenvalue weighted by Crippen LogP contribution is 2.31. The molecule has 0 aliphatic carbocycles. The molecule has 12 heteroatoms. The second kappa shape index (κ2) is 10.3. The van der Waals surface area contributed by atoms with Gasteiger partial charge in [-0.25, -0.2) is 10.3 Å². The molecule has 182 valence electrons. The first-order valence-electron chi connectivity index (χ1n) is 10.6. The number of ether oxygens (including phenoxy) is 2. The fourth-order valence-electron chi connectivity index (χ4n) is 3.57. The van der Waals surface area contributed by atoms with E-state index < -0.39 is 4.92 Å². The van der Waals surface area contributed by atoms with Crippen molar-refractivity contribution in [3.05, 3.63) is 80.2 Å². The molecule has 0 saturated carbocycles. The lowest BCUT2D eigenvalue weighted by molar-refractivity contribution is -0.423. The van der Waals surface area contributed by atoms with E-state index in [9.17, 15) is 14.9 Å². The Morgan fingerprint density at radius 3 is 2.69 bits per heavy atom. The molecule has 1 aliphatic heterocycles. The van der Waals surface area contributed by atoms with Crippen LogP contribution in [-0.4, -0.2) is 41.5 Å². The smallest absolute Gasteiger partial charge is 0.337 e. The molecule has 1 aromatic heterocycles. The van der Waals surface area contributed by atoms with Gasteiger partial charge >= 0.3 is 5.82 Å². The number of rotatable bonds is 8. The third kappa shape index (κ3) is 5.44. The van der Waals surface area contributed by atoms with Crippen LogP contribution in [0, 0.1) is 10.1 Å². The highest BCUT2D eigenvalue weighted by atomic mass is 32.1. The number of aromatic nitrogens is 1. The second-order valence-electron chi connectivity index (χ2n) is 7.62. The number of nitrogens with one attached hydrogen (secondary N) is 2. The predicted octanol–water partition coefficient (Wildman–Crippen LogP) is 3.54. The maximum absolute atomic E-state index is 12.7. The molecule has 11 nitrogen and oxygen atoms in total. The molecule has 4 rings (SSSR count). The third-order valence-electron chi connectivity index (χ3n) is 5.32. The molecule has 0 fully saturated rings. The molecule has 1 amide bonds. The minimum absolute atomic E-state index is 0.192. The van der Waals surface area contributed by atoms with Crippen molar-refractivity contribution < 1.29 is 19.2 Å². The summed E-state index contributed by atoms with van der Waals surface area (Å²) >= 11 is 1.27. The van der Waals surface area contributed by atoms with Crippen molar-refractivity contribution in [3.63, 3.8) is 0 Å². The number of amides is 1. The number of methoxy groups -OCH3 is 2. The van der Waals surface area contributed by atoms with E-state index in [1.54, 1.807) is 42.5 Å². The van der Waals surface area contributed by atoms with Gasteiger partial charge in [-0.3, -0.25) is 4.79 Å². The van der Waals surface area contributed by atoms with Gasteiger partial charge in [0, 0.05) is 23.9 Å². The van der Waals surface area contributed by atoms with E-state index in [4.69, 9.17) is 15.2 Å². The van der Waals surface area contributed by atoms with Gasteiger partial charge in [-0.2, -0.15) is 0 Å². The molecule has 35 heavy (non-hydrogen) atoms. The van der Waals surface area contributed by atoms with E-state index in [0.29, 0.717) is 53.1 Å². The van der Waals surface area contributed by atoms with Crippen LogP contribution in [0.1, 0.15) is 20.4 Å². The van der Waals surface area contributed by atoms with Crippen molar-refractivity contribution in [2.45, 2.75) is 13.0 Å². The zero-order valence-corrected chi connectivity index (χ0v) is 19.9. The Labute approximate surface area is 205 Å². The summed E-state index contributed by atoms with van der Waals surface area (Å²) in [6, 6.07) is 11.9. The number of thiazole rings is 1. The lowest BCUT2D eigenvalue weighted by atomic mass is 10.2. The molecule has 2 aromatic carbocycles. The van der Waals surface area contributed by atoms with Crippen LogP contribution in [0.4, 0.5) is 17.1 Å². The van der Waals surface area contributed by atoms with Gasteiger partial charge in [0.25, 0.3) is 5.91 Å². The standard InChI is InChI=1S/C23H24N6O5S/c1-33-18-8-7-14(11-19(18)34-2)25-21(29(31)32)13-28-10-9-17-20(12-28)35-23(27-17)22(30)26-16-6-4-3-5-15(16)24/h3-8,11,13,25H,9-10,12,24H2,1-2H3,(H,26,30). The molecule has 0 atom stereocenters. The van der Waals surface area contributed by atoms with Gasteiger partial charge in [-0.15, -0.1) is 11.3 Å². The maximum Gasteiger partial charge on any atom is 0.337 e. The van der Waals surface area contributed by atoms with Crippen molar-refractivity contribution in [2.24, 2.45) is 0 Å². The minimum Gasteiger partial charge on any atom is -0.493 e. The Kier molecular flexibility index (Phi) is 7.01. The fourth-order valence-corrected chi connectivity index (χ4v) is 4.60. The number of nitro groups is 1. The first-order valence-corrected chi connectivity index (χ1v) is 11.4. The third-order valence-corrected chi connectivity index (χ3v) is 6.40.